The number of carbonyl (C=O) groups is 1. The molecule has 0 aliphatic rings. The Balaban J connectivity index is 1.81. The third kappa shape index (κ3) is 4.88. The number of hydrogen-bond donors (Lipinski definition) is 0. The summed E-state index contributed by atoms with van der Waals surface area (Å²) in [5, 5.41) is 18.6. The molecule has 1 amide bonds. The lowest BCUT2D eigenvalue weighted by atomic mass is 10.2. The van der Waals surface area contributed by atoms with Crippen molar-refractivity contribution in [3.63, 3.8) is 0 Å². The molecule has 0 radical (unpaired) electrons. The summed E-state index contributed by atoms with van der Waals surface area (Å²) in [5.41, 5.74) is 0.872. The minimum atomic E-state index is -0.184. The molecule has 9 heteroatoms. The van der Waals surface area contributed by atoms with Crippen LogP contribution >= 0.6 is 23.1 Å². The van der Waals surface area contributed by atoms with Crippen LogP contribution in [0.1, 0.15) is 12.8 Å². The third-order valence-electron chi connectivity index (χ3n) is 4.45. The van der Waals surface area contributed by atoms with Crippen LogP contribution in [0.3, 0.4) is 0 Å². The van der Waals surface area contributed by atoms with E-state index in [0.29, 0.717) is 15.4 Å². The van der Waals surface area contributed by atoms with Gasteiger partial charge in [0, 0.05) is 25.0 Å². The van der Waals surface area contributed by atoms with Crippen LogP contribution in [0.15, 0.2) is 46.3 Å². The van der Waals surface area contributed by atoms with E-state index in [1.807, 2.05) is 48.5 Å². The number of rotatable bonds is 8. The van der Waals surface area contributed by atoms with Gasteiger partial charge in [-0.15, -0.1) is 11.3 Å². The van der Waals surface area contributed by atoms with E-state index in [9.17, 15) is 9.59 Å². The van der Waals surface area contributed by atoms with Crippen molar-refractivity contribution in [1.29, 1.82) is 10.5 Å². The molecule has 3 aromatic rings. The first kappa shape index (κ1) is 21.6. The van der Waals surface area contributed by atoms with Crippen LogP contribution in [0.5, 0.6) is 0 Å². The summed E-state index contributed by atoms with van der Waals surface area (Å²) in [6, 6.07) is 15.7. The van der Waals surface area contributed by atoms with Crippen molar-refractivity contribution in [3.8, 4) is 22.6 Å². The first-order valence-electron chi connectivity index (χ1n) is 9.25. The minimum Gasteiger partial charge on any atom is -0.340 e. The van der Waals surface area contributed by atoms with E-state index in [1.165, 1.54) is 32.6 Å². The fourth-order valence-electron chi connectivity index (χ4n) is 2.87. The highest BCUT2D eigenvalue weighted by Crippen LogP contribution is 2.31. The molecule has 0 fully saturated rings. The van der Waals surface area contributed by atoms with Crippen LogP contribution in [0.4, 0.5) is 0 Å². The average molecular weight is 438 g/mol. The number of nitrogens with zero attached hydrogens (tertiary/aromatic N) is 5. The van der Waals surface area contributed by atoms with Crippen LogP contribution in [0.25, 0.3) is 20.7 Å². The molecule has 0 N–H and O–H groups in total. The number of nitriles is 2. The summed E-state index contributed by atoms with van der Waals surface area (Å²) in [6.45, 7) is 0.572. The van der Waals surface area contributed by atoms with Crippen molar-refractivity contribution in [2.45, 2.75) is 18.0 Å². The van der Waals surface area contributed by atoms with Crippen molar-refractivity contribution in [2.24, 2.45) is 7.05 Å². The highest BCUT2D eigenvalue weighted by molar-refractivity contribution is 7.99. The Kier molecular flexibility index (Phi) is 7.23. The lowest BCUT2D eigenvalue weighted by molar-refractivity contribution is -0.128. The molecular weight excluding hydrogens is 418 g/mol. The van der Waals surface area contributed by atoms with E-state index in [-0.39, 0.29) is 43.2 Å². The zero-order valence-corrected chi connectivity index (χ0v) is 18.0. The average Bonchev–Trinajstić information content (AvgIpc) is 3.20. The van der Waals surface area contributed by atoms with E-state index < -0.39 is 0 Å². The molecule has 0 atom stereocenters. The Morgan fingerprint density at radius 1 is 1.20 bits per heavy atom. The van der Waals surface area contributed by atoms with Gasteiger partial charge in [-0.05, 0) is 11.6 Å². The number of carbonyl (C=O) groups excluding carboxylic acids is 1. The molecule has 152 valence electrons. The Morgan fingerprint density at radius 2 is 1.87 bits per heavy atom. The molecule has 2 heterocycles. The standard InChI is InChI=1S/C21H19N5O2S2/c1-25-20(28)16-13-17(15-7-3-2-4-8-15)30-19(16)24-21(25)29-14-18(27)26(11-5-9-22)12-6-10-23/h2-4,7-8,13H,5-6,11-12,14H2,1H3. The predicted molar refractivity (Wildman–Crippen MR) is 118 cm³/mol. The highest BCUT2D eigenvalue weighted by Gasteiger charge is 2.17. The lowest BCUT2D eigenvalue weighted by Gasteiger charge is -2.20. The van der Waals surface area contributed by atoms with E-state index in [2.05, 4.69) is 4.98 Å². The maximum absolute atomic E-state index is 12.8. The number of amides is 1. The molecule has 0 aliphatic heterocycles. The van der Waals surface area contributed by atoms with Gasteiger partial charge in [0.1, 0.15) is 4.83 Å². The molecule has 30 heavy (non-hydrogen) atoms. The van der Waals surface area contributed by atoms with Gasteiger partial charge < -0.3 is 4.90 Å². The first-order valence-corrected chi connectivity index (χ1v) is 11.1. The van der Waals surface area contributed by atoms with Crippen molar-refractivity contribution in [2.75, 3.05) is 18.8 Å². The zero-order chi connectivity index (χ0) is 21.5. The third-order valence-corrected chi connectivity index (χ3v) is 6.55. The van der Waals surface area contributed by atoms with Gasteiger partial charge in [0.2, 0.25) is 5.91 Å². The summed E-state index contributed by atoms with van der Waals surface area (Å²) in [6.07, 6.45) is 0.421. The number of benzene rings is 1. The monoisotopic (exact) mass is 437 g/mol. The Labute approximate surface area is 182 Å². The summed E-state index contributed by atoms with van der Waals surface area (Å²) in [4.78, 5) is 33.1. The van der Waals surface area contributed by atoms with Crippen LogP contribution in [-0.2, 0) is 11.8 Å². The fraction of sp³-hybridized carbons (Fsp3) is 0.286. The minimum absolute atomic E-state index is 0.0829. The van der Waals surface area contributed by atoms with Gasteiger partial charge in [0.05, 0.1) is 36.1 Å². The van der Waals surface area contributed by atoms with Crippen LogP contribution < -0.4 is 5.56 Å². The molecule has 0 unspecified atom stereocenters. The van der Waals surface area contributed by atoms with E-state index in [0.717, 1.165) is 10.4 Å². The summed E-state index contributed by atoms with van der Waals surface area (Å²) >= 11 is 2.63. The number of fused-ring (bicyclic) bond motifs is 1. The lowest BCUT2D eigenvalue weighted by Crippen LogP contribution is -2.34. The Morgan fingerprint density at radius 3 is 2.50 bits per heavy atom. The van der Waals surface area contributed by atoms with E-state index >= 15 is 0 Å². The van der Waals surface area contributed by atoms with Crippen molar-refractivity contribution < 1.29 is 4.79 Å². The maximum atomic E-state index is 12.8. The van der Waals surface area contributed by atoms with Crippen LogP contribution in [-0.4, -0.2) is 39.2 Å². The molecule has 7 nitrogen and oxygen atoms in total. The molecular formula is C21H19N5O2S2. The normalized spacial score (nSPS) is 10.5. The Bertz CT molecular complexity index is 1170. The molecule has 0 bridgehead atoms. The SMILES string of the molecule is Cn1c(SCC(=O)N(CCC#N)CCC#N)nc2sc(-c3ccccc3)cc2c1=O. The molecule has 3 rings (SSSR count). The van der Waals surface area contributed by atoms with Crippen molar-refractivity contribution >= 4 is 39.2 Å². The van der Waals surface area contributed by atoms with Crippen LogP contribution in [0, 0.1) is 22.7 Å². The first-order chi connectivity index (χ1) is 14.5. The Hall–Kier alpha value is -3.14. The van der Waals surface area contributed by atoms with Gasteiger partial charge in [-0.2, -0.15) is 10.5 Å². The smallest absolute Gasteiger partial charge is 0.262 e. The van der Waals surface area contributed by atoms with Gasteiger partial charge in [0.25, 0.3) is 5.56 Å². The number of thioether (sulfide) groups is 1. The maximum Gasteiger partial charge on any atom is 0.262 e. The second kappa shape index (κ2) is 10.1. The molecule has 0 saturated heterocycles. The van der Waals surface area contributed by atoms with Gasteiger partial charge in [0.15, 0.2) is 5.16 Å². The molecule has 0 aliphatic carbocycles. The van der Waals surface area contributed by atoms with Gasteiger partial charge in [-0.3, -0.25) is 14.2 Å². The molecule has 2 aromatic heterocycles. The topological polar surface area (TPSA) is 103 Å². The number of aromatic nitrogens is 2. The van der Waals surface area contributed by atoms with E-state index in [1.54, 1.807) is 7.05 Å². The van der Waals surface area contributed by atoms with E-state index in [4.69, 9.17) is 10.5 Å². The molecule has 0 saturated carbocycles. The molecule has 1 aromatic carbocycles. The van der Waals surface area contributed by atoms with Crippen molar-refractivity contribution in [1.82, 2.24) is 14.5 Å². The molecule has 0 spiro atoms. The van der Waals surface area contributed by atoms with Crippen molar-refractivity contribution in [3.05, 3.63) is 46.8 Å². The second-order valence-corrected chi connectivity index (χ2v) is 8.41. The van der Waals surface area contributed by atoms with Gasteiger partial charge in [-0.1, -0.05) is 42.1 Å². The highest BCUT2D eigenvalue weighted by atomic mass is 32.2. The fourth-order valence-corrected chi connectivity index (χ4v) is 4.82. The van der Waals surface area contributed by atoms with Crippen LogP contribution in [0.2, 0.25) is 0 Å². The summed E-state index contributed by atoms with van der Waals surface area (Å²) in [5.74, 6) is -0.101. The second-order valence-electron chi connectivity index (χ2n) is 6.44. The number of hydrogen-bond acceptors (Lipinski definition) is 7. The summed E-state index contributed by atoms with van der Waals surface area (Å²) in [7, 11) is 1.64. The largest absolute Gasteiger partial charge is 0.340 e. The number of thiophene rings is 1. The predicted octanol–water partition coefficient (Wildman–Crippen LogP) is 3.41. The summed E-state index contributed by atoms with van der Waals surface area (Å²) < 4.78 is 1.46. The van der Waals surface area contributed by atoms with Gasteiger partial charge >= 0.3 is 0 Å². The van der Waals surface area contributed by atoms with Gasteiger partial charge in [-0.25, -0.2) is 4.98 Å². The zero-order valence-electron chi connectivity index (χ0n) is 16.4. The quantitative estimate of drug-likeness (QED) is 0.395.